The summed E-state index contributed by atoms with van der Waals surface area (Å²) in [5.41, 5.74) is 0. The van der Waals surface area contributed by atoms with Gasteiger partial charge in [-0.1, -0.05) is 13.3 Å². The van der Waals surface area contributed by atoms with Crippen LogP contribution in [0.4, 0.5) is 0 Å². The molecule has 0 bridgehead atoms. The van der Waals surface area contributed by atoms with E-state index in [0.717, 1.165) is 12.2 Å². The Hall–Kier alpha value is -1.50. The molecule has 1 N–H and O–H groups in total. The van der Waals surface area contributed by atoms with Crippen LogP contribution in [0.2, 0.25) is 0 Å². The maximum absolute atomic E-state index is 10.7. The Bertz CT molecular complexity index is 363. The van der Waals surface area contributed by atoms with Gasteiger partial charge >= 0.3 is 5.97 Å². The van der Waals surface area contributed by atoms with E-state index in [-0.39, 0.29) is 12.3 Å². The Morgan fingerprint density at radius 2 is 2.24 bits per heavy atom. The van der Waals surface area contributed by atoms with Crippen LogP contribution in [0.1, 0.15) is 25.6 Å². The van der Waals surface area contributed by atoms with Crippen LogP contribution in [0.25, 0.3) is 0 Å². The monoisotopic (exact) mass is 241 g/mol. The normalized spacial score (nSPS) is 12.9. The second-order valence-corrected chi connectivity index (χ2v) is 4.39. The van der Waals surface area contributed by atoms with Crippen molar-refractivity contribution in [2.75, 3.05) is 14.1 Å². The van der Waals surface area contributed by atoms with Crippen molar-refractivity contribution in [3.8, 4) is 0 Å². The van der Waals surface area contributed by atoms with Crippen LogP contribution in [-0.2, 0) is 17.9 Å². The molecule has 0 aliphatic carbocycles. The first-order chi connectivity index (χ1) is 8.02. The zero-order valence-corrected chi connectivity index (χ0v) is 10.5. The van der Waals surface area contributed by atoms with E-state index in [4.69, 9.17) is 5.11 Å². The predicted molar refractivity (Wildman–Crippen MR) is 61.2 cm³/mol. The van der Waals surface area contributed by atoms with Crippen molar-refractivity contribution in [2.45, 2.75) is 32.9 Å². The standard InChI is InChI=1S/C10H19N5O2/c1-4-8(5-10(16)17)6-15-9(7-14(2)3)11-12-13-15/h8H,4-7H2,1-3H3,(H,16,17). The fraction of sp³-hybridized carbons (Fsp3) is 0.800. The van der Waals surface area contributed by atoms with Crippen molar-refractivity contribution < 1.29 is 9.90 Å². The van der Waals surface area contributed by atoms with E-state index in [9.17, 15) is 4.79 Å². The third kappa shape index (κ3) is 4.48. The Morgan fingerprint density at radius 1 is 1.53 bits per heavy atom. The van der Waals surface area contributed by atoms with Crippen molar-refractivity contribution in [2.24, 2.45) is 5.92 Å². The van der Waals surface area contributed by atoms with Gasteiger partial charge in [0, 0.05) is 13.0 Å². The molecule has 1 atom stereocenters. The number of carboxylic acid groups (broad SMARTS) is 1. The highest BCUT2D eigenvalue weighted by Gasteiger charge is 2.15. The number of carboxylic acids is 1. The van der Waals surface area contributed by atoms with Crippen LogP contribution in [0.5, 0.6) is 0 Å². The summed E-state index contributed by atoms with van der Waals surface area (Å²) in [5, 5.41) is 20.3. The SMILES string of the molecule is CCC(CC(=O)O)Cn1nnnc1CN(C)C. The number of tetrazole rings is 1. The van der Waals surface area contributed by atoms with Gasteiger partial charge in [0.15, 0.2) is 5.82 Å². The van der Waals surface area contributed by atoms with Gasteiger partial charge in [-0.25, -0.2) is 4.68 Å². The third-order valence-corrected chi connectivity index (χ3v) is 2.54. The van der Waals surface area contributed by atoms with Crippen molar-refractivity contribution in [1.29, 1.82) is 0 Å². The number of hydrogen-bond acceptors (Lipinski definition) is 5. The van der Waals surface area contributed by atoms with E-state index < -0.39 is 5.97 Å². The zero-order chi connectivity index (χ0) is 12.8. The highest BCUT2D eigenvalue weighted by atomic mass is 16.4. The van der Waals surface area contributed by atoms with Gasteiger partial charge in [0.25, 0.3) is 0 Å². The molecule has 1 unspecified atom stereocenters. The van der Waals surface area contributed by atoms with E-state index >= 15 is 0 Å². The molecule has 1 aromatic heterocycles. The molecule has 7 nitrogen and oxygen atoms in total. The molecule has 17 heavy (non-hydrogen) atoms. The van der Waals surface area contributed by atoms with Gasteiger partial charge in [-0.3, -0.25) is 4.79 Å². The molecule has 0 radical (unpaired) electrons. The molecule has 0 spiro atoms. The summed E-state index contributed by atoms with van der Waals surface area (Å²) in [6.07, 6.45) is 0.950. The largest absolute Gasteiger partial charge is 0.481 e. The van der Waals surface area contributed by atoms with E-state index in [1.807, 2.05) is 25.9 Å². The van der Waals surface area contributed by atoms with Crippen molar-refractivity contribution >= 4 is 5.97 Å². The Balaban J connectivity index is 2.65. The number of hydrogen-bond donors (Lipinski definition) is 1. The molecule has 0 amide bonds. The summed E-state index contributed by atoms with van der Waals surface area (Å²) in [7, 11) is 3.88. The van der Waals surface area contributed by atoms with Crippen molar-refractivity contribution in [3.05, 3.63) is 5.82 Å². The molecule has 1 rings (SSSR count). The summed E-state index contributed by atoms with van der Waals surface area (Å²) in [6.45, 7) is 3.18. The zero-order valence-electron chi connectivity index (χ0n) is 10.5. The van der Waals surface area contributed by atoms with Gasteiger partial charge in [-0.05, 0) is 30.4 Å². The van der Waals surface area contributed by atoms with Crippen LogP contribution in [0, 0.1) is 5.92 Å². The second kappa shape index (κ2) is 6.29. The molecule has 1 aromatic rings. The van der Waals surface area contributed by atoms with Gasteiger partial charge in [-0.2, -0.15) is 0 Å². The molecule has 0 saturated carbocycles. The summed E-state index contributed by atoms with van der Waals surface area (Å²) in [5.74, 6) is 0.0508. The summed E-state index contributed by atoms with van der Waals surface area (Å²) >= 11 is 0. The van der Waals surface area contributed by atoms with Crippen molar-refractivity contribution in [3.63, 3.8) is 0 Å². The second-order valence-electron chi connectivity index (χ2n) is 4.39. The van der Waals surface area contributed by atoms with E-state index in [2.05, 4.69) is 15.5 Å². The average molecular weight is 241 g/mol. The van der Waals surface area contributed by atoms with Gasteiger partial charge in [-0.15, -0.1) is 5.10 Å². The van der Waals surface area contributed by atoms with Crippen LogP contribution in [0.3, 0.4) is 0 Å². The van der Waals surface area contributed by atoms with E-state index in [1.165, 1.54) is 0 Å². The maximum atomic E-state index is 10.7. The maximum Gasteiger partial charge on any atom is 0.303 e. The number of carbonyl (C=O) groups is 1. The molecule has 0 aliphatic heterocycles. The Kier molecular flexibility index (Phi) is 5.02. The molecule has 0 fully saturated rings. The smallest absolute Gasteiger partial charge is 0.303 e. The van der Waals surface area contributed by atoms with Crippen LogP contribution in [0.15, 0.2) is 0 Å². The van der Waals surface area contributed by atoms with E-state index in [0.29, 0.717) is 13.1 Å². The number of aromatic nitrogens is 4. The lowest BCUT2D eigenvalue weighted by atomic mass is 10.0. The molecule has 0 aliphatic rings. The molecule has 96 valence electrons. The number of nitrogens with zero attached hydrogens (tertiary/aromatic N) is 5. The third-order valence-electron chi connectivity index (χ3n) is 2.54. The van der Waals surface area contributed by atoms with Gasteiger partial charge in [0.05, 0.1) is 6.54 Å². The highest BCUT2D eigenvalue weighted by Crippen LogP contribution is 2.11. The van der Waals surface area contributed by atoms with Gasteiger partial charge in [0.2, 0.25) is 0 Å². The van der Waals surface area contributed by atoms with Crippen LogP contribution < -0.4 is 0 Å². The lowest BCUT2D eigenvalue weighted by Gasteiger charge is -2.14. The Labute approximate surface area is 100 Å². The van der Waals surface area contributed by atoms with Crippen molar-refractivity contribution in [1.82, 2.24) is 25.1 Å². The van der Waals surface area contributed by atoms with Crippen LogP contribution >= 0.6 is 0 Å². The topological polar surface area (TPSA) is 84.1 Å². The summed E-state index contributed by atoms with van der Waals surface area (Å²) in [6, 6.07) is 0. The number of aliphatic carboxylic acids is 1. The first-order valence-electron chi connectivity index (χ1n) is 5.64. The minimum atomic E-state index is -0.779. The fourth-order valence-corrected chi connectivity index (χ4v) is 1.59. The molecule has 0 aromatic carbocycles. The lowest BCUT2D eigenvalue weighted by molar-refractivity contribution is -0.138. The first kappa shape index (κ1) is 13.6. The Morgan fingerprint density at radius 3 is 2.76 bits per heavy atom. The lowest BCUT2D eigenvalue weighted by Crippen LogP contribution is -2.20. The molecular weight excluding hydrogens is 222 g/mol. The molecule has 0 saturated heterocycles. The highest BCUT2D eigenvalue weighted by molar-refractivity contribution is 5.66. The van der Waals surface area contributed by atoms with Crippen LogP contribution in [-0.4, -0.2) is 50.3 Å². The quantitative estimate of drug-likeness (QED) is 0.736. The molecular formula is C10H19N5O2. The van der Waals surface area contributed by atoms with Gasteiger partial charge < -0.3 is 10.0 Å². The minimum Gasteiger partial charge on any atom is -0.481 e. The summed E-state index contributed by atoms with van der Waals surface area (Å²) < 4.78 is 1.69. The average Bonchev–Trinajstić information content (AvgIpc) is 2.63. The predicted octanol–water partition coefficient (Wildman–Crippen LogP) is 0.236. The molecule has 7 heteroatoms. The summed E-state index contributed by atoms with van der Waals surface area (Å²) in [4.78, 5) is 12.7. The van der Waals surface area contributed by atoms with Gasteiger partial charge in [0.1, 0.15) is 0 Å². The minimum absolute atomic E-state index is 0.0666. The first-order valence-corrected chi connectivity index (χ1v) is 5.64. The molecule has 1 heterocycles. The fourth-order valence-electron chi connectivity index (χ4n) is 1.59. The van der Waals surface area contributed by atoms with E-state index in [1.54, 1.807) is 4.68 Å². The number of rotatable bonds is 7.